The van der Waals surface area contributed by atoms with Gasteiger partial charge in [-0.1, -0.05) is 158 Å². The van der Waals surface area contributed by atoms with Gasteiger partial charge in [-0.05, 0) is 89.5 Å². The predicted molar refractivity (Wildman–Crippen MR) is 220 cm³/mol. The van der Waals surface area contributed by atoms with Crippen LogP contribution in [0.3, 0.4) is 0 Å². The van der Waals surface area contributed by atoms with Crippen LogP contribution in [0.2, 0.25) is 0 Å². The molecule has 2 heteroatoms. The molecule has 2 aliphatic rings. The van der Waals surface area contributed by atoms with Crippen molar-refractivity contribution in [2.24, 2.45) is 0 Å². The molecule has 0 saturated heterocycles. The van der Waals surface area contributed by atoms with Gasteiger partial charge in [0.25, 0.3) is 0 Å². The highest BCUT2D eigenvalue weighted by Crippen LogP contribution is 2.52. The lowest BCUT2D eigenvalue weighted by Crippen LogP contribution is -2.21. The molecule has 0 saturated carbocycles. The monoisotopic (exact) mass is 678 g/mol. The highest BCUT2D eigenvalue weighted by Gasteiger charge is 2.38. The molecule has 2 heterocycles. The Hall–Kier alpha value is -6.64. The molecule has 2 unspecified atom stereocenters. The first-order chi connectivity index (χ1) is 26.2. The fraction of sp³-hybridized carbons (Fsp3) is 0.0588. The van der Waals surface area contributed by atoms with Gasteiger partial charge >= 0.3 is 0 Å². The predicted octanol–water partition coefficient (Wildman–Crippen LogP) is 13.7. The Morgan fingerprint density at radius 2 is 0.981 bits per heavy atom. The van der Waals surface area contributed by atoms with E-state index in [1.807, 2.05) is 12.5 Å². The largest absolute Gasteiger partial charge is 0.484 e. The van der Waals surface area contributed by atoms with Gasteiger partial charge < -0.3 is 9.15 Å². The third-order valence-electron chi connectivity index (χ3n) is 11.5. The number of rotatable bonds is 4. The Morgan fingerprint density at radius 1 is 0.472 bits per heavy atom. The van der Waals surface area contributed by atoms with Crippen LogP contribution in [-0.2, 0) is 0 Å². The number of benzene rings is 8. The van der Waals surface area contributed by atoms with Crippen molar-refractivity contribution in [3.8, 4) is 39.1 Å². The van der Waals surface area contributed by atoms with E-state index in [1.54, 1.807) is 0 Å². The summed E-state index contributed by atoms with van der Waals surface area (Å²) in [6.07, 6.45) is 10.4. The summed E-state index contributed by atoms with van der Waals surface area (Å²) >= 11 is 0. The van der Waals surface area contributed by atoms with Crippen molar-refractivity contribution in [2.75, 3.05) is 0 Å². The van der Waals surface area contributed by atoms with Crippen molar-refractivity contribution in [3.63, 3.8) is 0 Å². The van der Waals surface area contributed by atoms with Crippen molar-refractivity contribution in [1.29, 1.82) is 0 Å². The zero-order valence-electron chi connectivity index (χ0n) is 29.2. The number of allylic oxidation sites excluding steroid dienone is 2. The van der Waals surface area contributed by atoms with Crippen LogP contribution in [0, 0.1) is 6.92 Å². The summed E-state index contributed by atoms with van der Waals surface area (Å²) in [4.78, 5) is 0. The average Bonchev–Trinajstić information content (AvgIpc) is 3.81. The highest BCUT2D eigenvalue weighted by molar-refractivity contribution is 6.22. The quantitative estimate of drug-likeness (QED) is 0.173. The van der Waals surface area contributed by atoms with Crippen LogP contribution < -0.4 is 4.74 Å². The van der Waals surface area contributed by atoms with Crippen LogP contribution in [0.1, 0.15) is 22.6 Å². The Balaban J connectivity index is 1.08. The summed E-state index contributed by atoms with van der Waals surface area (Å²) in [6, 6.07) is 53.0. The number of fused-ring (bicyclic) bond motifs is 7. The second-order valence-corrected chi connectivity index (χ2v) is 14.3. The maximum atomic E-state index is 7.14. The molecule has 9 aromatic rings. The topological polar surface area (TPSA) is 22.4 Å². The molecule has 250 valence electrons. The number of hydrogen-bond acceptors (Lipinski definition) is 2. The third kappa shape index (κ3) is 4.45. The molecule has 0 spiro atoms. The highest BCUT2D eigenvalue weighted by atomic mass is 16.5. The van der Waals surface area contributed by atoms with E-state index in [0.717, 1.165) is 22.4 Å². The van der Waals surface area contributed by atoms with E-state index in [-0.39, 0.29) is 12.0 Å². The zero-order chi connectivity index (χ0) is 35.0. The second kappa shape index (κ2) is 11.7. The summed E-state index contributed by atoms with van der Waals surface area (Å²) in [5.74, 6) is 1.07. The van der Waals surface area contributed by atoms with Gasteiger partial charge in [-0.15, -0.1) is 0 Å². The van der Waals surface area contributed by atoms with E-state index in [0.29, 0.717) is 0 Å². The first-order valence-corrected chi connectivity index (χ1v) is 18.4. The van der Waals surface area contributed by atoms with Gasteiger partial charge in [-0.3, -0.25) is 0 Å². The van der Waals surface area contributed by atoms with Crippen molar-refractivity contribution in [2.45, 2.75) is 18.9 Å². The molecule has 8 aromatic carbocycles. The average molecular weight is 679 g/mol. The lowest BCUT2D eigenvalue weighted by Gasteiger charge is -2.26. The maximum Gasteiger partial charge on any atom is 0.135 e. The minimum absolute atomic E-state index is 0.116. The number of aryl methyl sites for hydroxylation is 1. The summed E-state index contributed by atoms with van der Waals surface area (Å²) in [5.41, 5.74) is 12.1. The minimum Gasteiger partial charge on any atom is -0.484 e. The van der Waals surface area contributed by atoms with Crippen LogP contribution in [0.25, 0.3) is 82.0 Å². The maximum absolute atomic E-state index is 7.14. The molecule has 53 heavy (non-hydrogen) atoms. The van der Waals surface area contributed by atoms with Crippen molar-refractivity contribution >= 4 is 48.7 Å². The lowest BCUT2D eigenvalue weighted by atomic mass is 9.79. The molecule has 0 radical (unpaired) electrons. The van der Waals surface area contributed by atoms with E-state index in [9.17, 15) is 0 Å². The van der Waals surface area contributed by atoms with Crippen LogP contribution in [-0.4, -0.2) is 6.10 Å². The van der Waals surface area contributed by atoms with Gasteiger partial charge in [0.05, 0.1) is 12.5 Å². The fourth-order valence-corrected chi connectivity index (χ4v) is 9.20. The lowest BCUT2D eigenvalue weighted by molar-refractivity contribution is 0.278. The number of ether oxygens (including phenoxy) is 1. The Bertz CT molecular complexity index is 2880. The summed E-state index contributed by atoms with van der Waals surface area (Å²) in [6.45, 7) is 2.12. The minimum atomic E-state index is -0.139. The van der Waals surface area contributed by atoms with Crippen molar-refractivity contribution in [1.82, 2.24) is 0 Å². The molecule has 2 nitrogen and oxygen atoms in total. The van der Waals surface area contributed by atoms with Gasteiger partial charge in [-0.25, -0.2) is 0 Å². The van der Waals surface area contributed by atoms with E-state index in [4.69, 9.17) is 9.15 Å². The molecule has 0 bridgehead atoms. The molecule has 1 aliphatic carbocycles. The van der Waals surface area contributed by atoms with Crippen molar-refractivity contribution < 1.29 is 9.15 Å². The van der Waals surface area contributed by atoms with Gasteiger partial charge in [0, 0.05) is 28.2 Å². The standard InChI is InChI=1S/C51H34O2/c1-31-29-52-30-45(31)50-41-22-11-7-18-37(41)48(38-19-8-12-23-42(38)50)33-26-27-34-43-24-13-25-44(51(43)53-46(34)28-33)49-39-20-9-5-16-35(39)47(32-14-3-2-4-15-32)36-17-6-10-21-40(36)49/h2-30,43,51H,1H3. The Kier molecular flexibility index (Phi) is 6.63. The molecule has 1 aromatic heterocycles. The fourth-order valence-electron chi connectivity index (χ4n) is 9.20. The Labute approximate surface area is 307 Å². The Morgan fingerprint density at radius 3 is 1.53 bits per heavy atom. The first kappa shape index (κ1) is 30.0. The van der Waals surface area contributed by atoms with Crippen LogP contribution in [0.15, 0.2) is 181 Å². The van der Waals surface area contributed by atoms with Crippen molar-refractivity contribution in [3.05, 3.63) is 193 Å². The van der Waals surface area contributed by atoms with E-state index >= 15 is 0 Å². The summed E-state index contributed by atoms with van der Waals surface area (Å²) in [5, 5.41) is 9.87. The van der Waals surface area contributed by atoms with Gasteiger partial charge in [0.2, 0.25) is 0 Å². The molecule has 11 rings (SSSR count). The zero-order valence-corrected chi connectivity index (χ0v) is 29.2. The number of furan rings is 1. The SMILES string of the molecule is Cc1cocc1-c1c2ccccc2c(-c2ccc3c(c2)OC2C(c4c5ccccc5c(-c5ccccc5)c5ccccc45)=CC=CC32)c2ccccc12. The molecule has 0 fully saturated rings. The van der Waals surface area contributed by atoms with Crippen LogP contribution in [0.5, 0.6) is 5.75 Å². The van der Waals surface area contributed by atoms with E-state index in [2.05, 4.69) is 171 Å². The third-order valence-corrected chi connectivity index (χ3v) is 11.5. The second-order valence-electron chi connectivity index (χ2n) is 14.3. The molecular formula is C51H34O2. The van der Waals surface area contributed by atoms with E-state index < -0.39 is 0 Å². The smallest absolute Gasteiger partial charge is 0.135 e. The van der Waals surface area contributed by atoms with Gasteiger partial charge in [-0.2, -0.15) is 0 Å². The summed E-state index contributed by atoms with van der Waals surface area (Å²) < 4.78 is 12.8. The molecule has 2 atom stereocenters. The molecular weight excluding hydrogens is 645 g/mol. The van der Waals surface area contributed by atoms with Gasteiger partial charge in [0.1, 0.15) is 11.9 Å². The molecule has 0 amide bonds. The van der Waals surface area contributed by atoms with Gasteiger partial charge in [0.15, 0.2) is 0 Å². The summed E-state index contributed by atoms with van der Waals surface area (Å²) in [7, 11) is 0. The van der Waals surface area contributed by atoms with Crippen LogP contribution >= 0.6 is 0 Å². The van der Waals surface area contributed by atoms with E-state index in [1.165, 1.54) is 82.0 Å². The number of hydrogen-bond donors (Lipinski definition) is 0. The first-order valence-electron chi connectivity index (χ1n) is 18.4. The normalized spacial score (nSPS) is 16.2. The van der Waals surface area contributed by atoms with Crippen LogP contribution in [0.4, 0.5) is 0 Å². The molecule has 1 aliphatic heterocycles. The molecule has 0 N–H and O–H groups in total.